The van der Waals surface area contributed by atoms with Gasteiger partial charge in [0.2, 0.25) is 0 Å². The molecular weight excluding hydrogens is 755 g/mol. The number of unbranched alkanes of at least 4 members (excludes halogenated alkanes) is 2. The Balaban J connectivity index is 0. The zero-order valence-electron chi connectivity index (χ0n) is 40.9. The van der Waals surface area contributed by atoms with Crippen LogP contribution in [0.5, 0.6) is 17.2 Å². The Hall–Kier alpha value is -4.34. The smallest absolute Gasteiger partial charge is 0.123 e. The van der Waals surface area contributed by atoms with Gasteiger partial charge in [0.1, 0.15) is 17.2 Å². The topological polar surface area (TPSA) is 87.8 Å². The third-order valence-corrected chi connectivity index (χ3v) is 8.79. The summed E-state index contributed by atoms with van der Waals surface area (Å²) in [6, 6.07) is 32.7. The minimum absolute atomic E-state index is 0.550. The van der Waals surface area contributed by atoms with Gasteiger partial charge in [0.05, 0.1) is 21.3 Å². The van der Waals surface area contributed by atoms with Crippen molar-refractivity contribution in [2.24, 2.45) is 5.41 Å². The first-order valence-corrected chi connectivity index (χ1v) is 22.5. The lowest BCUT2D eigenvalue weighted by molar-refractivity contribution is 0.373. The Kier molecular flexibility index (Phi) is 39.5. The molecule has 5 N–H and O–H groups in total. The van der Waals surface area contributed by atoms with E-state index in [2.05, 4.69) is 144 Å². The molecule has 0 saturated heterocycles. The van der Waals surface area contributed by atoms with Gasteiger partial charge in [-0.1, -0.05) is 142 Å². The van der Waals surface area contributed by atoms with E-state index in [1.165, 1.54) is 54.4 Å². The summed E-state index contributed by atoms with van der Waals surface area (Å²) in [5, 5.41) is 16.2. The third-order valence-electron chi connectivity index (χ3n) is 8.79. The molecule has 0 bridgehead atoms. The van der Waals surface area contributed by atoms with Gasteiger partial charge in [-0.05, 0) is 104 Å². The molecule has 0 fully saturated rings. The number of methoxy groups -OCH3 is 3. The van der Waals surface area contributed by atoms with Crippen molar-refractivity contribution < 1.29 is 14.2 Å². The predicted molar refractivity (Wildman–Crippen MR) is 269 cm³/mol. The molecule has 0 atom stereocenters. The molecular formula is C53H89N5O3. The second kappa shape index (κ2) is 41.0. The molecule has 8 heteroatoms. The number of rotatable bonds is 20. The van der Waals surface area contributed by atoms with E-state index in [0.29, 0.717) is 5.41 Å². The van der Waals surface area contributed by atoms with Crippen LogP contribution in [-0.4, -0.2) is 54.6 Å². The number of anilines is 1. The van der Waals surface area contributed by atoms with Gasteiger partial charge in [0, 0.05) is 44.5 Å². The van der Waals surface area contributed by atoms with Gasteiger partial charge in [0.25, 0.3) is 0 Å². The van der Waals surface area contributed by atoms with E-state index in [1.54, 1.807) is 21.3 Å². The Morgan fingerprint density at radius 1 is 0.541 bits per heavy atom. The highest BCUT2D eigenvalue weighted by Crippen LogP contribution is 2.19. The van der Waals surface area contributed by atoms with Crippen molar-refractivity contribution >= 4 is 5.69 Å². The minimum atomic E-state index is 0.550. The first-order chi connectivity index (χ1) is 29.4. The maximum atomic E-state index is 5.20. The quantitative estimate of drug-likeness (QED) is 0.0444. The van der Waals surface area contributed by atoms with Crippen LogP contribution in [0.25, 0.3) is 0 Å². The summed E-state index contributed by atoms with van der Waals surface area (Å²) >= 11 is 0. The summed E-state index contributed by atoms with van der Waals surface area (Å²) in [6.45, 7) is 30.9. The van der Waals surface area contributed by atoms with Crippen LogP contribution in [0.1, 0.15) is 117 Å². The molecule has 0 heterocycles. The van der Waals surface area contributed by atoms with Crippen molar-refractivity contribution in [3.8, 4) is 17.2 Å². The minimum Gasteiger partial charge on any atom is -0.497 e. The molecule has 0 radical (unpaired) electrons. The Labute approximate surface area is 375 Å². The van der Waals surface area contributed by atoms with E-state index in [9.17, 15) is 0 Å². The number of allylic oxidation sites excluding steroid dienone is 1. The van der Waals surface area contributed by atoms with Crippen molar-refractivity contribution in [2.75, 3.05) is 59.9 Å². The van der Waals surface area contributed by atoms with E-state index in [1.807, 2.05) is 61.7 Å². The third kappa shape index (κ3) is 35.0. The van der Waals surface area contributed by atoms with E-state index in [4.69, 9.17) is 14.2 Å². The van der Waals surface area contributed by atoms with Crippen molar-refractivity contribution in [1.29, 1.82) is 0 Å². The first-order valence-electron chi connectivity index (χ1n) is 22.5. The van der Waals surface area contributed by atoms with Crippen LogP contribution in [0.15, 0.2) is 110 Å². The first kappa shape index (κ1) is 58.8. The van der Waals surface area contributed by atoms with Crippen LogP contribution >= 0.6 is 0 Å². The van der Waals surface area contributed by atoms with Gasteiger partial charge < -0.3 is 40.8 Å². The SMILES string of the molecule is C=CCCCC.CCCC(C)(C)C.CCNCc1ccc(NC)cc1.CCNCc1ccc(OC)cc1.CCNCc1cccc(OC)c1.CCNCc1ccccc1OC. The molecule has 0 aliphatic heterocycles. The fourth-order valence-corrected chi connectivity index (χ4v) is 5.33. The molecule has 0 aromatic heterocycles. The molecule has 0 aliphatic carbocycles. The van der Waals surface area contributed by atoms with Gasteiger partial charge in [-0.3, -0.25) is 0 Å². The van der Waals surface area contributed by atoms with Crippen LogP contribution in [0.2, 0.25) is 0 Å². The monoisotopic (exact) mass is 844 g/mol. The number of ether oxygens (including phenoxy) is 3. The second-order valence-corrected chi connectivity index (χ2v) is 15.3. The van der Waals surface area contributed by atoms with Crippen LogP contribution in [0, 0.1) is 5.41 Å². The second-order valence-electron chi connectivity index (χ2n) is 15.3. The van der Waals surface area contributed by atoms with Crippen molar-refractivity contribution in [2.45, 2.75) is 121 Å². The summed E-state index contributed by atoms with van der Waals surface area (Å²) in [6.07, 6.45) is 8.37. The molecule has 0 spiro atoms. The van der Waals surface area contributed by atoms with Crippen LogP contribution in [-0.2, 0) is 26.2 Å². The van der Waals surface area contributed by atoms with Gasteiger partial charge in [0.15, 0.2) is 0 Å². The summed E-state index contributed by atoms with van der Waals surface area (Å²) in [4.78, 5) is 0. The largest absolute Gasteiger partial charge is 0.497 e. The van der Waals surface area contributed by atoms with E-state index < -0.39 is 0 Å². The fourth-order valence-electron chi connectivity index (χ4n) is 5.33. The van der Waals surface area contributed by atoms with Gasteiger partial charge in [-0.25, -0.2) is 0 Å². The normalized spacial score (nSPS) is 9.92. The van der Waals surface area contributed by atoms with Crippen LogP contribution in [0.3, 0.4) is 0 Å². The number of benzene rings is 4. The highest BCUT2D eigenvalue weighted by Gasteiger charge is 2.06. The van der Waals surface area contributed by atoms with Crippen molar-refractivity contribution in [3.05, 3.63) is 132 Å². The molecule has 61 heavy (non-hydrogen) atoms. The van der Waals surface area contributed by atoms with Crippen molar-refractivity contribution in [1.82, 2.24) is 21.3 Å². The molecule has 4 aromatic carbocycles. The number of nitrogens with one attached hydrogen (secondary N) is 5. The summed E-state index contributed by atoms with van der Waals surface area (Å²) in [7, 11) is 7.00. The fraction of sp³-hybridized carbons (Fsp3) is 0.509. The molecule has 0 amide bonds. The van der Waals surface area contributed by atoms with Crippen LogP contribution in [0.4, 0.5) is 5.69 Å². The maximum Gasteiger partial charge on any atom is 0.123 e. The van der Waals surface area contributed by atoms with Gasteiger partial charge in [-0.15, -0.1) is 6.58 Å². The zero-order chi connectivity index (χ0) is 46.0. The lowest BCUT2D eigenvalue weighted by Gasteiger charge is -2.15. The highest BCUT2D eigenvalue weighted by atomic mass is 16.5. The van der Waals surface area contributed by atoms with E-state index in [-0.39, 0.29) is 0 Å². The lowest BCUT2D eigenvalue weighted by atomic mass is 9.91. The summed E-state index contributed by atoms with van der Waals surface area (Å²) in [5.41, 5.74) is 6.80. The molecule has 0 aliphatic rings. The molecule has 8 nitrogen and oxygen atoms in total. The number of para-hydroxylation sites is 1. The van der Waals surface area contributed by atoms with E-state index in [0.717, 1.165) is 75.3 Å². The van der Waals surface area contributed by atoms with Gasteiger partial charge >= 0.3 is 0 Å². The number of hydrogen-bond acceptors (Lipinski definition) is 8. The van der Waals surface area contributed by atoms with Gasteiger partial charge in [-0.2, -0.15) is 0 Å². The Bertz CT molecular complexity index is 1490. The lowest BCUT2D eigenvalue weighted by Crippen LogP contribution is -2.12. The Morgan fingerprint density at radius 3 is 1.46 bits per heavy atom. The molecule has 0 unspecified atom stereocenters. The average molecular weight is 844 g/mol. The van der Waals surface area contributed by atoms with E-state index >= 15 is 0 Å². The molecule has 4 aromatic rings. The van der Waals surface area contributed by atoms with Crippen LogP contribution < -0.4 is 40.8 Å². The average Bonchev–Trinajstić information content (AvgIpc) is 3.29. The standard InChI is InChI=1S/C10H16N2.3C10H15NO.C7H16.C6H12/c1-3-12-8-9-4-6-10(11-2)7-5-9;1-3-11-8-9-4-6-10(12-2)7-5-9;1-3-11-8-9-5-4-6-10(7-9)12-2;1-3-11-8-9-6-4-5-7-10(9)12-2;1-5-6-7(2,3)4;1-3-5-6-4-2/h4-7,11-12H,3,8H2,1-2H3;3*4-7,11H,3,8H2,1-2H3;5-6H2,1-4H3;3H,1,4-6H2,2H3. The Morgan fingerprint density at radius 2 is 1.05 bits per heavy atom. The molecule has 0 saturated carbocycles. The zero-order valence-corrected chi connectivity index (χ0v) is 40.9. The summed E-state index contributed by atoms with van der Waals surface area (Å²) in [5.74, 6) is 2.79. The highest BCUT2D eigenvalue weighted by molar-refractivity contribution is 5.43. The maximum absolute atomic E-state index is 5.20. The van der Waals surface area contributed by atoms with Crippen molar-refractivity contribution in [3.63, 3.8) is 0 Å². The molecule has 344 valence electrons. The predicted octanol–water partition coefficient (Wildman–Crippen LogP) is 12.4. The summed E-state index contributed by atoms with van der Waals surface area (Å²) < 4.78 is 15.4. The molecule has 4 rings (SSSR count). The number of hydrogen-bond donors (Lipinski definition) is 5.